The van der Waals surface area contributed by atoms with Crippen LogP contribution in [0.1, 0.15) is 41.0 Å². The molecule has 0 unspecified atom stereocenters. The summed E-state index contributed by atoms with van der Waals surface area (Å²) in [5.74, 6) is -0.483. The van der Waals surface area contributed by atoms with Gasteiger partial charge in [0.15, 0.2) is 0 Å². The number of carbonyl (C=O) groups is 1. The molecule has 0 saturated heterocycles. The highest BCUT2D eigenvalue weighted by molar-refractivity contribution is 6.06. The summed E-state index contributed by atoms with van der Waals surface area (Å²) in [6.07, 6.45) is 3.05. The van der Waals surface area contributed by atoms with Gasteiger partial charge in [-0.3, -0.25) is 9.97 Å². The Morgan fingerprint density at radius 1 is 0.975 bits per heavy atom. The minimum atomic E-state index is -4.50. The maximum absolute atomic E-state index is 13.1. The highest BCUT2D eigenvalue weighted by Gasteiger charge is 2.30. The van der Waals surface area contributed by atoms with Crippen LogP contribution >= 0.6 is 0 Å². The van der Waals surface area contributed by atoms with Gasteiger partial charge in [0.05, 0.1) is 22.9 Å². The number of benzene rings is 2. The zero-order valence-electron chi connectivity index (χ0n) is 21.6. The number of carboxylic acid groups (broad SMARTS) is 1. The minimum absolute atomic E-state index is 0.0185. The SMILES string of the molecule is CC(C)Oc1ccc(-n2c(C(=O)O)c(C=Cc3ccncc3)c3cc(-c4ccc(C(F)(F)F)cn4)ccc32)cc1. The molecule has 0 radical (unpaired) electrons. The summed E-state index contributed by atoms with van der Waals surface area (Å²) < 4.78 is 46.6. The molecule has 0 aliphatic rings. The van der Waals surface area contributed by atoms with E-state index in [2.05, 4.69) is 9.97 Å². The van der Waals surface area contributed by atoms with Crippen molar-refractivity contribution in [2.45, 2.75) is 26.1 Å². The molecule has 2 aromatic carbocycles. The molecule has 9 heteroatoms. The number of fused-ring (bicyclic) bond motifs is 1. The number of carboxylic acids is 1. The van der Waals surface area contributed by atoms with Gasteiger partial charge in [0.2, 0.25) is 0 Å². The molecule has 3 heterocycles. The number of rotatable bonds is 7. The van der Waals surface area contributed by atoms with E-state index in [4.69, 9.17) is 4.74 Å². The summed E-state index contributed by atoms with van der Waals surface area (Å²) in [5.41, 5.74) is 2.56. The highest BCUT2D eigenvalue weighted by Crippen LogP contribution is 2.35. The van der Waals surface area contributed by atoms with Crippen LogP contribution in [-0.4, -0.2) is 31.7 Å². The second kappa shape index (κ2) is 10.7. The van der Waals surface area contributed by atoms with Crippen LogP contribution in [0.5, 0.6) is 5.75 Å². The van der Waals surface area contributed by atoms with Gasteiger partial charge in [-0.2, -0.15) is 13.2 Å². The number of hydrogen-bond acceptors (Lipinski definition) is 4. The Bertz CT molecular complexity index is 1690. The maximum atomic E-state index is 13.1. The van der Waals surface area contributed by atoms with Crippen LogP contribution in [0.25, 0.3) is 40.0 Å². The second-order valence-corrected chi connectivity index (χ2v) is 9.34. The van der Waals surface area contributed by atoms with E-state index in [1.807, 2.05) is 13.8 Å². The smallest absolute Gasteiger partial charge is 0.417 e. The summed E-state index contributed by atoms with van der Waals surface area (Å²) in [5, 5.41) is 11.0. The van der Waals surface area contributed by atoms with Crippen LogP contribution in [0.15, 0.2) is 85.3 Å². The average Bonchev–Trinajstić information content (AvgIpc) is 3.26. The monoisotopic (exact) mass is 543 g/mol. The molecule has 0 saturated carbocycles. The Morgan fingerprint density at radius 3 is 2.30 bits per heavy atom. The van der Waals surface area contributed by atoms with Gasteiger partial charge in [-0.15, -0.1) is 0 Å². The minimum Gasteiger partial charge on any atom is -0.491 e. The Kier molecular flexibility index (Phi) is 7.13. The summed E-state index contributed by atoms with van der Waals surface area (Å²) in [4.78, 5) is 20.7. The molecule has 0 fully saturated rings. The Balaban J connectivity index is 1.70. The largest absolute Gasteiger partial charge is 0.491 e. The van der Waals surface area contributed by atoms with Crippen LogP contribution in [0, 0.1) is 0 Å². The lowest BCUT2D eigenvalue weighted by molar-refractivity contribution is -0.137. The lowest BCUT2D eigenvalue weighted by atomic mass is 10.0. The molecule has 0 spiro atoms. The van der Waals surface area contributed by atoms with Gasteiger partial charge in [0.25, 0.3) is 0 Å². The van der Waals surface area contributed by atoms with Gasteiger partial charge in [-0.1, -0.05) is 18.2 Å². The molecule has 40 heavy (non-hydrogen) atoms. The first-order valence-corrected chi connectivity index (χ1v) is 12.4. The molecule has 3 aromatic heterocycles. The zero-order chi connectivity index (χ0) is 28.4. The van der Waals surface area contributed by atoms with Crippen molar-refractivity contribution in [2.24, 2.45) is 0 Å². The van der Waals surface area contributed by atoms with Crippen LogP contribution in [-0.2, 0) is 6.18 Å². The number of halogens is 3. The number of aromatic carboxylic acids is 1. The van der Waals surface area contributed by atoms with Crippen molar-refractivity contribution in [3.63, 3.8) is 0 Å². The quantitative estimate of drug-likeness (QED) is 0.227. The predicted octanol–water partition coefficient (Wildman–Crippen LogP) is 7.76. The van der Waals surface area contributed by atoms with Gasteiger partial charge in [0, 0.05) is 40.8 Å². The third-order valence-corrected chi connectivity index (χ3v) is 6.21. The van der Waals surface area contributed by atoms with Crippen molar-refractivity contribution in [3.05, 3.63) is 108 Å². The van der Waals surface area contributed by atoms with Crippen LogP contribution in [0.2, 0.25) is 0 Å². The number of nitrogens with zero attached hydrogens (tertiary/aromatic N) is 3. The molecule has 0 aliphatic carbocycles. The van der Waals surface area contributed by atoms with E-state index in [1.165, 1.54) is 6.07 Å². The van der Waals surface area contributed by atoms with Crippen LogP contribution < -0.4 is 4.74 Å². The zero-order valence-corrected chi connectivity index (χ0v) is 21.6. The fourth-order valence-corrected chi connectivity index (χ4v) is 4.45. The van der Waals surface area contributed by atoms with Gasteiger partial charge in [-0.05, 0) is 80.1 Å². The summed E-state index contributed by atoms with van der Waals surface area (Å²) in [7, 11) is 0. The van der Waals surface area contributed by atoms with Crippen molar-refractivity contribution < 1.29 is 27.8 Å². The Morgan fingerprint density at radius 2 is 1.70 bits per heavy atom. The first-order chi connectivity index (χ1) is 19.1. The molecule has 5 rings (SSSR count). The Hall–Kier alpha value is -4.92. The van der Waals surface area contributed by atoms with E-state index in [1.54, 1.807) is 83.7 Å². The van der Waals surface area contributed by atoms with E-state index < -0.39 is 17.7 Å². The number of aromatic nitrogens is 3. The standard InChI is InChI=1S/C31H24F3N3O3/c1-19(2)40-24-8-6-23(7-9-24)37-28-12-4-21(27-11-5-22(18-36-27)31(32,33)34)17-26(28)25(29(37)30(38)39)10-3-20-13-15-35-16-14-20/h3-19H,1-2H3,(H,38,39). The van der Waals surface area contributed by atoms with Crippen molar-refractivity contribution in [3.8, 4) is 22.7 Å². The highest BCUT2D eigenvalue weighted by atomic mass is 19.4. The molecule has 5 aromatic rings. The summed E-state index contributed by atoms with van der Waals surface area (Å²) in [6, 6.07) is 18.2. The van der Waals surface area contributed by atoms with Crippen molar-refractivity contribution >= 4 is 29.0 Å². The molecule has 1 N–H and O–H groups in total. The third-order valence-electron chi connectivity index (χ3n) is 6.21. The predicted molar refractivity (Wildman–Crippen MR) is 147 cm³/mol. The number of hydrogen-bond donors (Lipinski definition) is 1. The molecule has 202 valence electrons. The molecular formula is C31H24F3N3O3. The van der Waals surface area contributed by atoms with E-state index in [0.717, 1.165) is 17.8 Å². The van der Waals surface area contributed by atoms with Gasteiger partial charge < -0.3 is 14.4 Å². The molecular weight excluding hydrogens is 519 g/mol. The van der Waals surface area contributed by atoms with Crippen molar-refractivity contribution in [2.75, 3.05) is 0 Å². The molecule has 0 amide bonds. The number of pyridine rings is 2. The summed E-state index contributed by atoms with van der Waals surface area (Å²) in [6.45, 7) is 3.83. The van der Waals surface area contributed by atoms with Crippen molar-refractivity contribution in [1.29, 1.82) is 0 Å². The second-order valence-electron chi connectivity index (χ2n) is 9.34. The number of ether oxygens (including phenoxy) is 1. The average molecular weight is 544 g/mol. The van der Waals surface area contributed by atoms with Crippen LogP contribution in [0.3, 0.4) is 0 Å². The summed E-state index contributed by atoms with van der Waals surface area (Å²) >= 11 is 0. The normalized spacial score (nSPS) is 11.9. The first-order valence-electron chi connectivity index (χ1n) is 12.4. The van der Waals surface area contributed by atoms with Gasteiger partial charge in [-0.25, -0.2) is 4.79 Å². The topological polar surface area (TPSA) is 77.2 Å². The fourth-order valence-electron chi connectivity index (χ4n) is 4.45. The third kappa shape index (κ3) is 5.44. The maximum Gasteiger partial charge on any atom is 0.417 e. The lowest BCUT2D eigenvalue weighted by Gasteiger charge is -2.12. The lowest BCUT2D eigenvalue weighted by Crippen LogP contribution is -2.08. The van der Waals surface area contributed by atoms with E-state index in [9.17, 15) is 23.1 Å². The molecule has 0 aliphatic heterocycles. The molecule has 6 nitrogen and oxygen atoms in total. The van der Waals surface area contributed by atoms with E-state index in [0.29, 0.717) is 39.2 Å². The molecule has 0 atom stereocenters. The Labute approximate surface area is 228 Å². The van der Waals surface area contributed by atoms with Gasteiger partial charge in [0.1, 0.15) is 11.4 Å². The van der Waals surface area contributed by atoms with Crippen molar-refractivity contribution in [1.82, 2.24) is 14.5 Å². The van der Waals surface area contributed by atoms with Crippen LogP contribution in [0.4, 0.5) is 13.2 Å². The molecule has 0 bridgehead atoms. The first kappa shape index (κ1) is 26.7. The van der Waals surface area contributed by atoms with E-state index in [-0.39, 0.29) is 11.8 Å². The number of alkyl halides is 3. The fraction of sp³-hybridized carbons (Fsp3) is 0.129. The van der Waals surface area contributed by atoms with Gasteiger partial charge >= 0.3 is 12.1 Å². The van der Waals surface area contributed by atoms with E-state index >= 15 is 0 Å².